The number of likely N-dealkylation sites (tertiary alicyclic amines) is 1. The van der Waals surface area contributed by atoms with Gasteiger partial charge in [-0.25, -0.2) is 9.67 Å². The third-order valence-electron chi connectivity index (χ3n) is 2.91. The molecular weight excluding hydrogens is 238 g/mol. The second kappa shape index (κ2) is 4.72. The van der Waals surface area contributed by atoms with E-state index in [-0.39, 0.29) is 31.4 Å². The van der Waals surface area contributed by atoms with Crippen molar-refractivity contribution < 1.29 is 15.0 Å². The Hall–Kier alpha value is -1.98. The normalized spacial score (nSPS) is 23.1. The molecule has 18 heavy (non-hydrogen) atoms. The number of aliphatic hydroxyl groups excluding tert-OH is 1. The molecule has 1 atom stereocenters. The van der Waals surface area contributed by atoms with Crippen LogP contribution in [0.15, 0.2) is 6.33 Å². The van der Waals surface area contributed by atoms with Crippen LogP contribution in [0.1, 0.15) is 12.2 Å². The summed E-state index contributed by atoms with van der Waals surface area (Å²) in [7, 11) is 0. The van der Waals surface area contributed by atoms with Crippen molar-refractivity contribution in [3.63, 3.8) is 0 Å². The van der Waals surface area contributed by atoms with Crippen molar-refractivity contribution >= 4 is 5.91 Å². The molecule has 0 spiro atoms. The molecule has 0 aliphatic carbocycles. The minimum atomic E-state index is -1.20. The fourth-order valence-electron chi connectivity index (χ4n) is 1.86. The lowest BCUT2D eigenvalue weighted by molar-refractivity contribution is -0.132. The summed E-state index contributed by atoms with van der Waals surface area (Å²) in [6.07, 6.45) is 1.67. The van der Waals surface area contributed by atoms with E-state index in [4.69, 9.17) is 10.4 Å². The molecule has 1 aliphatic heterocycles. The van der Waals surface area contributed by atoms with Gasteiger partial charge in [-0.2, -0.15) is 5.26 Å². The van der Waals surface area contributed by atoms with E-state index in [1.54, 1.807) is 6.07 Å². The second-order valence-corrected chi connectivity index (χ2v) is 4.33. The topological polar surface area (TPSA) is 115 Å². The van der Waals surface area contributed by atoms with Crippen LogP contribution in [0.25, 0.3) is 0 Å². The van der Waals surface area contributed by atoms with Crippen LogP contribution in [0.2, 0.25) is 0 Å². The number of nitrogens with zero attached hydrogens (tertiary/aromatic N) is 5. The van der Waals surface area contributed by atoms with Gasteiger partial charge in [-0.05, 0) is 6.42 Å². The van der Waals surface area contributed by atoms with Gasteiger partial charge in [-0.15, -0.1) is 5.10 Å². The molecule has 1 aromatic rings. The fraction of sp³-hybridized carbons (Fsp3) is 0.600. The number of hydrogen-bond acceptors (Lipinski definition) is 6. The highest BCUT2D eigenvalue weighted by Crippen LogP contribution is 2.20. The first kappa shape index (κ1) is 12.5. The van der Waals surface area contributed by atoms with Crippen LogP contribution in [0.3, 0.4) is 0 Å². The summed E-state index contributed by atoms with van der Waals surface area (Å²) in [5, 5.41) is 31.1. The average Bonchev–Trinajstić information content (AvgIpc) is 2.96. The highest BCUT2D eigenvalue weighted by atomic mass is 16.3. The molecule has 96 valence electrons. The molecular formula is C10H13N5O3. The molecule has 0 saturated carbocycles. The minimum Gasteiger partial charge on any atom is -0.393 e. The molecule has 1 saturated heterocycles. The zero-order chi connectivity index (χ0) is 13.2. The van der Waals surface area contributed by atoms with Crippen molar-refractivity contribution in [2.24, 2.45) is 0 Å². The molecule has 0 radical (unpaired) electrons. The molecule has 2 heterocycles. The summed E-state index contributed by atoms with van der Waals surface area (Å²) < 4.78 is 1.28. The zero-order valence-corrected chi connectivity index (χ0v) is 9.65. The van der Waals surface area contributed by atoms with Gasteiger partial charge in [0.2, 0.25) is 5.91 Å². The van der Waals surface area contributed by atoms with E-state index in [1.165, 1.54) is 15.9 Å². The Bertz CT molecular complexity index is 494. The Balaban J connectivity index is 1.95. The highest BCUT2D eigenvalue weighted by Gasteiger charge is 2.37. The largest absolute Gasteiger partial charge is 0.393 e. The van der Waals surface area contributed by atoms with E-state index < -0.39 is 5.60 Å². The Morgan fingerprint density at radius 2 is 2.44 bits per heavy atom. The van der Waals surface area contributed by atoms with E-state index in [2.05, 4.69) is 10.1 Å². The lowest BCUT2D eigenvalue weighted by atomic mass is 10.1. The van der Waals surface area contributed by atoms with Crippen molar-refractivity contribution in [3.05, 3.63) is 12.2 Å². The first-order chi connectivity index (χ1) is 8.56. The van der Waals surface area contributed by atoms with E-state index in [9.17, 15) is 9.90 Å². The average molecular weight is 251 g/mol. The summed E-state index contributed by atoms with van der Waals surface area (Å²) in [6, 6.07) is 1.77. The van der Waals surface area contributed by atoms with Crippen molar-refractivity contribution in [3.8, 4) is 6.07 Å². The summed E-state index contributed by atoms with van der Waals surface area (Å²) in [5.74, 6) is -0.218. The first-order valence-electron chi connectivity index (χ1n) is 5.47. The number of β-amino-alcohol motifs (C(OH)–C–C–N with tert-alkyl or cyclic N) is 1. The summed E-state index contributed by atoms with van der Waals surface area (Å²) >= 11 is 0. The number of carbonyl (C=O) groups excluding carboxylic acids is 1. The van der Waals surface area contributed by atoms with Gasteiger partial charge < -0.3 is 15.1 Å². The number of amides is 1. The standard InChI is InChI=1S/C10H13N5O3/c11-3-8-12-7-15(13-8)4-9(17)14-2-1-10(18,5-14)6-16/h7,16,18H,1-2,4-6H2. The molecule has 1 fully saturated rings. The maximum Gasteiger partial charge on any atom is 0.252 e. The second-order valence-electron chi connectivity index (χ2n) is 4.33. The van der Waals surface area contributed by atoms with Crippen LogP contribution in [-0.2, 0) is 11.3 Å². The summed E-state index contributed by atoms with van der Waals surface area (Å²) in [4.78, 5) is 17.0. The lowest BCUT2D eigenvalue weighted by Crippen LogP contribution is -2.39. The van der Waals surface area contributed by atoms with Crippen LogP contribution < -0.4 is 0 Å². The molecule has 2 N–H and O–H groups in total. The predicted octanol–water partition coefficient (Wildman–Crippen LogP) is -1.89. The van der Waals surface area contributed by atoms with Gasteiger partial charge in [0.25, 0.3) is 5.82 Å². The maximum atomic E-state index is 11.9. The Labute approximate surface area is 103 Å². The molecule has 0 aromatic carbocycles. The Morgan fingerprint density at radius 1 is 1.67 bits per heavy atom. The quantitative estimate of drug-likeness (QED) is 0.648. The monoisotopic (exact) mass is 251 g/mol. The molecule has 1 aliphatic rings. The van der Waals surface area contributed by atoms with E-state index in [0.717, 1.165) is 0 Å². The number of carbonyl (C=O) groups is 1. The Kier molecular flexibility index (Phi) is 3.27. The Morgan fingerprint density at radius 3 is 3.00 bits per heavy atom. The third-order valence-corrected chi connectivity index (χ3v) is 2.91. The fourth-order valence-corrected chi connectivity index (χ4v) is 1.86. The van der Waals surface area contributed by atoms with Gasteiger partial charge >= 0.3 is 0 Å². The minimum absolute atomic E-state index is 0.0103. The number of aliphatic hydroxyl groups is 2. The van der Waals surface area contributed by atoms with Gasteiger partial charge in [0.05, 0.1) is 13.2 Å². The van der Waals surface area contributed by atoms with E-state index in [0.29, 0.717) is 13.0 Å². The number of aromatic nitrogens is 3. The number of rotatable bonds is 3. The van der Waals surface area contributed by atoms with Crippen molar-refractivity contribution in [1.82, 2.24) is 19.7 Å². The predicted molar refractivity (Wildman–Crippen MR) is 58.0 cm³/mol. The third kappa shape index (κ3) is 2.47. The van der Waals surface area contributed by atoms with Crippen molar-refractivity contribution in [2.45, 2.75) is 18.6 Å². The van der Waals surface area contributed by atoms with Crippen molar-refractivity contribution in [1.29, 1.82) is 5.26 Å². The molecule has 1 unspecified atom stereocenters. The van der Waals surface area contributed by atoms with Gasteiger partial charge in [0.15, 0.2) is 0 Å². The van der Waals surface area contributed by atoms with Gasteiger partial charge in [0, 0.05) is 6.54 Å². The number of hydrogen-bond donors (Lipinski definition) is 2. The van der Waals surface area contributed by atoms with E-state index >= 15 is 0 Å². The molecule has 8 nitrogen and oxygen atoms in total. The number of nitriles is 1. The zero-order valence-electron chi connectivity index (χ0n) is 9.65. The molecule has 0 bridgehead atoms. The van der Waals surface area contributed by atoms with Gasteiger partial charge in [-0.1, -0.05) is 0 Å². The smallest absolute Gasteiger partial charge is 0.252 e. The first-order valence-corrected chi connectivity index (χ1v) is 5.47. The van der Waals surface area contributed by atoms with Gasteiger partial charge in [-0.3, -0.25) is 4.79 Å². The molecule has 2 rings (SSSR count). The van der Waals surface area contributed by atoms with Gasteiger partial charge in [0.1, 0.15) is 24.5 Å². The highest BCUT2D eigenvalue weighted by molar-refractivity contribution is 5.76. The molecule has 1 aromatic heterocycles. The van der Waals surface area contributed by atoms with Crippen LogP contribution >= 0.6 is 0 Å². The summed E-state index contributed by atoms with van der Waals surface area (Å²) in [6.45, 7) is 0.118. The SMILES string of the molecule is N#Cc1ncn(CC(=O)N2CCC(O)(CO)C2)n1. The van der Waals surface area contributed by atoms with E-state index in [1.807, 2.05) is 0 Å². The maximum absolute atomic E-state index is 11.9. The summed E-state index contributed by atoms with van der Waals surface area (Å²) in [5.41, 5.74) is -1.20. The van der Waals surface area contributed by atoms with Crippen molar-refractivity contribution in [2.75, 3.05) is 19.7 Å². The lowest BCUT2D eigenvalue weighted by Gasteiger charge is -2.20. The van der Waals surface area contributed by atoms with Crippen LogP contribution in [0.5, 0.6) is 0 Å². The molecule has 1 amide bonds. The van der Waals surface area contributed by atoms with Crippen LogP contribution in [0, 0.1) is 11.3 Å². The van der Waals surface area contributed by atoms with Crippen LogP contribution in [0.4, 0.5) is 0 Å². The molecule has 8 heteroatoms. The van der Waals surface area contributed by atoms with Crippen LogP contribution in [-0.4, -0.2) is 61.1 Å².